The van der Waals surface area contributed by atoms with Gasteiger partial charge in [0.25, 0.3) is 0 Å². The summed E-state index contributed by atoms with van der Waals surface area (Å²) < 4.78 is 0. The fourth-order valence-electron chi connectivity index (χ4n) is 1.36. The van der Waals surface area contributed by atoms with Crippen molar-refractivity contribution in [3.63, 3.8) is 0 Å². The van der Waals surface area contributed by atoms with E-state index >= 15 is 0 Å². The Morgan fingerprint density at radius 3 is 2.68 bits per heavy atom. The Morgan fingerprint density at radius 2 is 2.16 bits per heavy atom. The predicted molar refractivity (Wildman–Crippen MR) is 68.3 cm³/mol. The second-order valence-corrected chi connectivity index (χ2v) is 3.58. The number of hydrogen-bond donors (Lipinski definition) is 4. The fraction of sp³-hybridized carbons (Fsp3) is 0.444. The van der Waals surface area contributed by atoms with E-state index in [0.29, 0.717) is 6.54 Å². The molecule has 0 spiro atoms. The largest absolute Gasteiger partial charge is 0.355 e. The van der Waals surface area contributed by atoms with Gasteiger partial charge in [-0.25, -0.2) is 15.8 Å². The van der Waals surface area contributed by atoms with Gasteiger partial charge in [-0.2, -0.15) is 0 Å². The van der Waals surface area contributed by atoms with Gasteiger partial charge < -0.3 is 16.1 Å². The van der Waals surface area contributed by atoms with Crippen LogP contribution in [0.5, 0.6) is 0 Å². The molecule has 0 aliphatic heterocycles. The van der Waals surface area contributed by atoms with Crippen LogP contribution >= 0.6 is 0 Å². The number of nitro groups is 1. The Bertz CT molecular complexity index is 479. The number of hydrazine groups is 1. The average molecular weight is 269 g/mol. The molecule has 1 aromatic rings. The minimum Gasteiger partial charge on any atom is -0.355 e. The Balaban J connectivity index is 3.01. The summed E-state index contributed by atoms with van der Waals surface area (Å²) >= 11 is 0. The molecular weight excluding hydrogens is 254 g/mol. The summed E-state index contributed by atoms with van der Waals surface area (Å²) in [5.74, 6) is 4.64. The van der Waals surface area contributed by atoms with Crippen LogP contribution in [0.1, 0.15) is 13.8 Å². The summed E-state index contributed by atoms with van der Waals surface area (Å²) in [6.45, 7) is 3.80. The van der Waals surface area contributed by atoms with E-state index in [4.69, 9.17) is 5.84 Å². The van der Waals surface area contributed by atoms with Crippen LogP contribution in [-0.2, 0) is 4.79 Å². The van der Waals surface area contributed by atoms with Crippen molar-refractivity contribution >= 4 is 23.2 Å². The number of hydrogen-bond acceptors (Lipinski definition) is 8. The number of nitrogens with two attached hydrogens (primary N) is 1. The van der Waals surface area contributed by atoms with Crippen molar-refractivity contribution in [2.24, 2.45) is 5.84 Å². The van der Waals surface area contributed by atoms with Crippen molar-refractivity contribution in [1.29, 1.82) is 0 Å². The molecule has 1 atom stereocenters. The molecule has 10 heteroatoms. The first-order chi connectivity index (χ1) is 9.01. The number of nitrogen functional groups attached to an aromatic ring is 1. The highest BCUT2D eigenvalue weighted by molar-refractivity contribution is 5.85. The van der Waals surface area contributed by atoms with Gasteiger partial charge in [0.2, 0.25) is 17.5 Å². The van der Waals surface area contributed by atoms with Gasteiger partial charge in [-0.1, -0.05) is 0 Å². The van der Waals surface area contributed by atoms with Crippen molar-refractivity contribution in [3.8, 4) is 0 Å². The van der Waals surface area contributed by atoms with Crippen molar-refractivity contribution in [1.82, 2.24) is 15.3 Å². The standard InChI is InChI=1S/C9H15N7O3/c1-3-11-9(17)5(2)14-7-6(16(18)19)8(15-10)13-4-12-7/h4-5H,3,10H2,1-2H3,(H,11,17)(H2,12,13,14,15). The van der Waals surface area contributed by atoms with Crippen molar-refractivity contribution in [2.75, 3.05) is 17.3 Å². The van der Waals surface area contributed by atoms with Gasteiger partial charge in [-0.3, -0.25) is 14.9 Å². The molecule has 0 saturated heterocycles. The molecule has 19 heavy (non-hydrogen) atoms. The monoisotopic (exact) mass is 269 g/mol. The predicted octanol–water partition coefficient (Wildman–Crippen LogP) is -0.393. The molecule has 1 heterocycles. The van der Waals surface area contributed by atoms with Gasteiger partial charge in [0.05, 0.1) is 4.92 Å². The summed E-state index contributed by atoms with van der Waals surface area (Å²) in [6.07, 6.45) is 1.11. The lowest BCUT2D eigenvalue weighted by Gasteiger charge is -2.14. The van der Waals surface area contributed by atoms with Crippen molar-refractivity contribution in [3.05, 3.63) is 16.4 Å². The van der Waals surface area contributed by atoms with E-state index in [0.717, 1.165) is 6.33 Å². The van der Waals surface area contributed by atoms with Crippen LogP contribution in [0.15, 0.2) is 6.33 Å². The molecule has 10 nitrogen and oxygen atoms in total. The molecule has 0 bridgehead atoms. The second-order valence-electron chi connectivity index (χ2n) is 3.58. The Morgan fingerprint density at radius 1 is 1.53 bits per heavy atom. The van der Waals surface area contributed by atoms with E-state index < -0.39 is 16.7 Å². The smallest absolute Gasteiger partial charge is 0.354 e. The third-order valence-corrected chi connectivity index (χ3v) is 2.24. The zero-order valence-electron chi connectivity index (χ0n) is 10.5. The number of aromatic nitrogens is 2. The topological polar surface area (TPSA) is 148 Å². The van der Waals surface area contributed by atoms with E-state index in [1.54, 1.807) is 13.8 Å². The number of carbonyl (C=O) groups is 1. The summed E-state index contributed by atoms with van der Waals surface area (Å²) in [7, 11) is 0. The van der Waals surface area contributed by atoms with Gasteiger partial charge in [-0.05, 0) is 13.8 Å². The Kier molecular flexibility index (Phi) is 4.94. The molecule has 1 rings (SSSR count). The molecule has 5 N–H and O–H groups in total. The van der Waals surface area contributed by atoms with Crippen LogP contribution in [0.2, 0.25) is 0 Å². The number of carbonyl (C=O) groups excluding carboxylic acids is 1. The normalized spacial score (nSPS) is 11.5. The van der Waals surface area contributed by atoms with E-state index in [-0.39, 0.29) is 17.5 Å². The first kappa shape index (κ1) is 14.6. The van der Waals surface area contributed by atoms with E-state index in [1.165, 1.54) is 0 Å². The van der Waals surface area contributed by atoms with Crippen LogP contribution < -0.4 is 21.9 Å². The quantitative estimate of drug-likeness (QED) is 0.310. The lowest BCUT2D eigenvalue weighted by Crippen LogP contribution is -2.37. The van der Waals surface area contributed by atoms with Crippen LogP contribution in [0.25, 0.3) is 0 Å². The van der Waals surface area contributed by atoms with Crippen LogP contribution in [0, 0.1) is 10.1 Å². The summed E-state index contributed by atoms with van der Waals surface area (Å²) in [5.41, 5.74) is 1.70. The van der Waals surface area contributed by atoms with Crippen LogP contribution in [-0.4, -0.2) is 33.4 Å². The lowest BCUT2D eigenvalue weighted by molar-refractivity contribution is -0.383. The Hall–Kier alpha value is -2.49. The molecule has 0 radical (unpaired) electrons. The molecule has 104 valence electrons. The van der Waals surface area contributed by atoms with Gasteiger partial charge >= 0.3 is 5.69 Å². The molecule has 1 amide bonds. The first-order valence-electron chi connectivity index (χ1n) is 5.51. The second kappa shape index (κ2) is 6.44. The maximum absolute atomic E-state index is 11.6. The lowest BCUT2D eigenvalue weighted by atomic mass is 10.3. The maximum atomic E-state index is 11.6. The van der Waals surface area contributed by atoms with Crippen molar-refractivity contribution < 1.29 is 9.72 Å². The maximum Gasteiger partial charge on any atom is 0.354 e. The molecule has 0 aromatic carbocycles. The van der Waals surface area contributed by atoms with Gasteiger partial charge in [0, 0.05) is 6.54 Å². The van der Waals surface area contributed by atoms with Crippen molar-refractivity contribution in [2.45, 2.75) is 19.9 Å². The van der Waals surface area contributed by atoms with E-state index in [1.807, 2.05) is 0 Å². The molecule has 0 saturated carbocycles. The highest BCUT2D eigenvalue weighted by Gasteiger charge is 2.24. The summed E-state index contributed by atoms with van der Waals surface area (Å²) in [4.78, 5) is 29.2. The number of rotatable bonds is 6. The van der Waals surface area contributed by atoms with Gasteiger partial charge in [0.1, 0.15) is 12.4 Å². The molecular formula is C9H15N7O3. The minimum atomic E-state index is -0.681. The third kappa shape index (κ3) is 3.48. The number of nitrogens with zero attached hydrogens (tertiary/aromatic N) is 3. The van der Waals surface area contributed by atoms with E-state index in [9.17, 15) is 14.9 Å². The van der Waals surface area contributed by atoms with Gasteiger partial charge in [-0.15, -0.1) is 0 Å². The first-order valence-corrected chi connectivity index (χ1v) is 5.51. The molecule has 1 aromatic heterocycles. The number of amides is 1. The average Bonchev–Trinajstić information content (AvgIpc) is 2.38. The molecule has 1 unspecified atom stereocenters. The molecule has 0 fully saturated rings. The minimum absolute atomic E-state index is 0.0771. The van der Waals surface area contributed by atoms with E-state index in [2.05, 4.69) is 26.0 Å². The SMILES string of the molecule is CCNC(=O)C(C)Nc1ncnc(NN)c1[N+](=O)[O-]. The molecule has 0 aliphatic rings. The zero-order valence-corrected chi connectivity index (χ0v) is 10.5. The van der Waals surface area contributed by atoms with Crippen LogP contribution in [0.4, 0.5) is 17.3 Å². The fourth-order valence-corrected chi connectivity index (χ4v) is 1.36. The summed E-state index contributed by atoms with van der Waals surface area (Å²) in [5, 5.41) is 16.2. The molecule has 0 aliphatic carbocycles. The van der Waals surface area contributed by atoms with Gasteiger partial charge in [0.15, 0.2) is 0 Å². The number of likely N-dealkylation sites (N-methyl/N-ethyl adjacent to an activating group) is 1. The van der Waals surface area contributed by atoms with Crippen LogP contribution in [0.3, 0.4) is 0 Å². The number of nitrogens with one attached hydrogen (secondary N) is 3. The Labute approximate surface area is 108 Å². The zero-order chi connectivity index (χ0) is 14.4. The number of anilines is 2. The third-order valence-electron chi connectivity index (χ3n) is 2.24. The summed E-state index contributed by atoms with van der Waals surface area (Å²) in [6, 6.07) is -0.681. The highest BCUT2D eigenvalue weighted by Crippen LogP contribution is 2.28. The highest BCUT2D eigenvalue weighted by atomic mass is 16.6.